The molecule has 0 bridgehead atoms. The number of anilines is 2. The van der Waals surface area contributed by atoms with Crippen LogP contribution in [0.15, 0.2) is 46.2 Å². The van der Waals surface area contributed by atoms with Crippen molar-refractivity contribution in [2.24, 2.45) is 0 Å². The van der Waals surface area contributed by atoms with Crippen molar-refractivity contribution in [2.45, 2.75) is 86.1 Å². The Morgan fingerprint density at radius 1 is 0.667 bits per heavy atom. The van der Waals surface area contributed by atoms with Crippen LogP contribution in [0.4, 0.5) is 22.7 Å². The summed E-state index contributed by atoms with van der Waals surface area (Å²) in [6, 6.07) is 12.5. The minimum Gasteiger partial charge on any atom is -0.629 e. The van der Waals surface area contributed by atoms with Gasteiger partial charge in [0.1, 0.15) is 11.4 Å². The van der Waals surface area contributed by atoms with Crippen LogP contribution in [0.25, 0.3) is 0 Å². The van der Waals surface area contributed by atoms with Crippen molar-refractivity contribution in [3.05, 3.63) is 46.8 Å². The highest BCUT2D eigenvalue weighted by Gasteiger charge is 2.25. The number of quaternary nitrogens is 2. The summed E-state index contributed by atoms with van der Waals surface area (Å²) in [4.78, 5) is 2.15. The molecule has 0 amide bonds. The van der Waals surface area contributed by atoms with Crippen molar-refractivity contribution in [1.82, 2.24) is 0 Å². The Balaban J connectivity index is 1.35. The van der Waals surface area contributed by atoms with E-state index in [1.165, 1.54) is 38.5 Å². The Labute approximate surface area is 183 Å². The average molecular weight is 426 g/mol. The molecule has 5 nitrogen and oxygen atoms in total. The smallest absolute Gasteiger partial charge is 0.132 e. The predicted octanol–water partition coefficient (Wildman–Crippen LogP) is 4.59. The molecule has 1 aliphatic heterocycles. The second-order valence-electron chi connectivity index (χ2n) is 9.05. The molecule has 0 aromatic heterocycles. The fourth-order valence-electron chi connectivity index (χ4n) is 5.19. The lowest BCUT2D eigenvalue weighted by atomic mass is 9.95. The van der Waals surface area contributed by atoms with Crippen molar-refractivity contribution in [3.8, 4) is 0 Å². The maximum Gasteiger partial charge on any atom is 0.132 e. The molecule has 0 saturated heterocycles. The van der Waals surface area contributed by atoms with Crippen molar-refractivity contribution in [2.75, 3.05) is 5.32 Å². The number of fused-ring (bicyclic) bond motifs is 2. The van der Waals surface area contributed by atoms with E-state index in [9.17, 15) is 10.4 Å². The second kappa shape index (κ2) is 8.89. The summed E-state index contributed by atoms with van der Waals surface area (Å²) in [6.07, 6.45) is 11.3. The Morgan fingerprint density at radius 2 is 1.10 bits per heavy atom. The first-order valence-corrected chi connectivity index (χ1v) is 12.3. The lowest BCUT2D eigenvalue weighted by Crippen LogP contribution is -3.06. The fourth-order valence-corrected chi connectivity index (χ4v) is 6.26. The Kier molecular flexibility index (Phi) is 6.03. The molecule has 160 valence electrons. The van der Waals surface area contributed by atoms with E-state index in [-0.39, 0.29) is 12.1 Å². The van der Waals surface area contributed by atoms with E-state index in [0.29, 0.717) is 10.1 Å². The number of benzene rings is 2. The van der Waals surface area contributed by atoms with Gasteiger partial charge in [-0.15, -0.1) is 0 Å². The van der Waals surface area contributed by atoms with Gasteiger partial charge in [-0.1, -0.05) is 24.6 Å². The molecule has 6 heteroatoms. The van der Waals surface area contributed by atoms with Gasteiger partial charge in [0, 0.05) is 59.7 Å². The molecule has 5 rings (SSSR count). The zero-order valence-electron chi connectivity index (χ0n) is 17.4. The molecule has 0 radical (unpaired) electrons. The standard InChI is InChI=1S/C24H31N3O2S/c28-26(17-7-3-1-4-8-17)19-11-13-21-23(15-19)30-24-16-20(12-14-22(24)25-21)27(29)18-9-5-2-6-10-18/h11-18,25-27H,1-10H2. The zero-order valence-corrected chi connectivity index (χ0v) is 18.2. The first-order chi connectivity index (χ1) is 14.7. The van der Waals surface area contributed by atoms with Gasteiger partial charge in [0.25, 0.3) is 0 Å². The molecule has 0 spiro atoms. The molecular weight excluding hydrogens is 394 g/mol. The third kappa shape index (κ3) is 4.12. The molecule has 2 unspecified atom stereocenters. The van der Waals surface area contributed by atoms with Crippen molar-refractivity contribution in [3.63, 3.8) is 0 Å². The highest BCUT2D eigenvalue weighted by molar-refractivity contribution is 7.99. The summed E-state index contributed by atoms with van der Waals surface area (Å²) in [5, 5.41) is 30.0. The van der Waals surface area contributed by atoms with Crippen LogP contribution in [0.3, 0.4) is 0 Å². The van der Waals surface area contributed by atoms with Gasteiger partial charge in [-0.25, -0.2) is 0 Å². The summed E-state index contributed by atoms with van der Waals surface area (Å²) in [6.45, 7) is 0. The van der Waals surface area contributed by atoms with Crippen molar-refractivity contribution in [1.29, 1.82) is 0 Å². The van der Waals surface area contributed by atoms with Crippen molar-refractivity contribution >= 4 is 34.5 Å². The lowest BCUT2D eigenvalue weighted by molar-refractivity contribution is -0.809. The summed E-state index contributed by atoms with van der Waals surface area (Å²) in [7, 11) is 0. The molecule has 30 heavy (non-hydrogen) atoms. The monoisotopic (exact) mass is 425 g/mol. The minimum absolute atomic E-state index is 0.186. The van der Waals surface area contributed by atoms with E-state index in [2.05, 4.69) is 5.32 Å². The van der Waals surface area contributed by atoms with Gasteiger partial charge in [0.05, 0.1) is 23.5 Å². The summed E-state index contributed by atoms with van der Waals surface area (Å²) in [5.41, 5.74) is 3.73. The number of hydrogen-bond acceptors (Lipinski definition) is 4. The van der Waals surface area contributed by atoms with Crippen LogP contribution < -0.4 is 15.4 Å². The molecule has 3 N–H and O–H groups in total. The van der Waals surface area contributed by atoms with Gasteiger partial charge in [0.15, 0.2) is 0 Å². The molecule has 2 aromatic carbocycles. The highest BCUT2D eigenvalue weighted by Crippen LogP contribution is 2.45. The minimum atomic E-state index is 0.186. The van der Waals surface area contributed by atoms with Crippen LogP contribution in [-0.4, -0.2) is 12.1 Å². The summed E-state index contributed by atoms with van der Waals surface area (Å²) in [5.74, 6) is 0. The van der Waals surface area contributed by atoms with E-state index in [4.69, 9.17) is 0 Å². The maximum absolute atomic E-state index is 13.0. The first kappa shape index (κ1) is 20.3. The molecule has 2 saturated carbocycles. The Hall–Kier alpha value is -1.57. The van der Waals surface area contributed by atoms with E-state index in [0.717, 1.165) is 58.2 Å². The quantitative estimate of drug-likeness (QED) is 0.535. The number of hydroxylamine groups is 2. The second-order valence-corrected chi connectivity index (χ2v) is 10.1. The number of nitrogens with one attached hydrogen (secondary N) is 3. The molecule has 2 atom stereocenters. The van der Waals surface area contributed by atoms with Gasteiger partial charge in [-0.2, -0.15) is 0 Å². The van der Waals surface area contributed by atoms with Gasteiger partial charge in [-0.05, 0) is 37.8 Å². The molecule has 2 aromatic rings. The Morgan fingerprint density at radius 3 is 1.53 bits per heavy atom. The topological polar surface area (TPSA) is 67.0 Å². The maximum atomic E-state index is 13.0. The van der Waals surface area contributed by atoms with E-state index >= 15 is 0 Å². The third-order valence-corrected chi connectivity index (χ3v) is 8.09. The van der Waals surface area contributed by atoms with Gasteiger partial charge < -0.3 is 25.9 Å². The fraction of sp³-hybridized carbons (Fsp3) is 0.500. The van der Waals surface area contributed by atoms with Crippen LogP contribution in [-0.2, 0) is 0 Å². The third-order valence-electron chi connectivity index (χ3n) is 6.97. The van der Waals surface area contributed by atoms with Crippen LogP contribution in [0.2, 0.25) is 0 Å². The zero-order chi connectivity index (χ0) is 20.5. The average Bonchev–Trinajstić information content (AvgIpc) is 2.82. The van der Waals surface area contributed by atoms with E-state index in [1.54, 1.807) is 11.8 Å². The van der Waals surface area contributed by atoms with Crippen molar-refractivity contribution < 1.29 is 10.1 Å². The molecule has 2 aliphatic carbocycles. The molecular formula is C24H31N3O2S. The molecule has 2 fully saturated rings. The SMILES string of the molecule is [O-][NH+](c1ccc2c(c1)Sc1cc([NH+]([O-])C3CCCCC3)ccc1N2)C1CCCCC1. The van der Waals surface area contributed by atoms with Crippen LogP contribution >= 0.6 is 11.8 Å². The van der Waals surface area contributed by atoms with E-state index < -0.39 is 0 Å². The van der Waals surface area contributed by atoms with Gasteiger partial charge >= 0.3 is 0 Å². The number of hydrogen-bond donors (Lipinski definition) is 3. The molecule has 1 heterocycles. The van der Waals surface area contributed by atoms with E-state index in [1.807, 2.05) is 36.4 Å². The Bertz CT molecular complexity index is 823. The van der Waals surface area contributed by atoms with Gasteiger partial charge in [-0.3, -0.25) is 0 Å². The largest absolute Gasteiger partial charge is 0.629 e. The van der Waals surface area contributed by atoms with Crippen LogP contribution in [0.1, 0.15) is 64.2 Å². The number of rotatable bonds is 4. The predicted molar refractivity (Wildman–Crippen MR) is 122 cm³/mol. The van der Waals surface area contributed by atoms with Gasteiger partial charge in [0.2, 0.25) is 0 Å². The first-order valence-electron chi connectivity index (χ1n) is 11.5. The lowest BCUT2D eigenvalue weighted by Gasteiger charge is -2.35. The molecule has 3 aliphatic rings. The summed E-state index contributed by atoms with van der Waals surface area (Å²) >= 11 is 1.67. The normalized spacial score (nSPS) is 21.9. The highest BCUT2D eigenvalue weighted by atomic mass is 32.2. The van der Waals surface area contributed by atoms with Crippen LogP contribution in [0, 0.1) is 10.4 Å². The summed E-state index contributed by atoms with van der Waals surface area (Å²) < 4.78 is 0. The van der Waals surface area contributed by atoms with Crippen LogP contribution in [0.5, 0.6) is 0 Å².